The highest BCUT2D eigenvalue weighted by Crippen LogP contribution is 2.35. The van der Waals surface area contributed by atoms with Gasteiger partial charge in [-0.15, -0.1) is 0 Å². The fourth-order valence-corrected chi connectivity index (χ4v) is 3.87. The second-order valence-corrected chi connectivity index (χ2v) is 9.80. The highest BCUT2D eigenvalue weighted by atomic mass is 35.5. The summed E-state index contributed by atoms with van der Waals surface area (Å²) >= 11 is 12.2. The zero-order valence-electron chi connectivity index (χ0n) is 18.3. The second-order valence-electron chi connectivity index (χ2n) is 8.96. The van der Waals surface area contributed by atoms with Crippen molar-refractivity contribution in [1.82, 2.24) is 14.7 Å². The summed E-state index contributed by atoms with van der Waals surface area (Å²) in [5, 5.41) is 1.52. The van der Waals surface area contributed by atoms with Crippen LogP contribution >= 0.6 is 23.2 Å². The number of nitrogens with zero attached hydrogens (tertiary/aromatic N) is 3. The fourth-order valence-electron chi connectivity index (χ4n) is 3.30. The highest BCUT2D eigenvalue weighted by Gasteiger charge is 2.31. The topological polar surface area (TPSA) is 26.8 Å². The van der Waals surface area contributed by atoms with Crippen molar-refractivity contribution in [1.29, 1.82) is 0 Å². The van der Waals surface area contributed by atoms with Crippen molar-refractivity contribution in [2.45, 2.75) is 51.5 Å². The van der Waals surface area contributed by atoms with Gasteiger partial charge in [0.25, 0.3) is 0 Å². The molecule has 0 N–H and O–H groups in total. The Balaban J connectivity index is 0.000000293. The standard InChI is InChI=1S/C14H19Cl2N.C5H9NO.C3H9N/c1-14(2,3)17-7-6-10(9-17)12-5-4-11(15)8-13(12)16;7-5-6-3-1-2-4-6;1-4(2)3/h4-5,8,10H,6-7,9H2,1-3H3;5H,1-4H2;1-3H3. The van der Waals surface area contributed by atoms with Gasteiger partial charge in [0.1, 0.15) is 0 Å². The molecule has 2 aliphatic heterocycles. The summed E-state index contributed by atoms with van der Waals surface area (Å²) in [6.07, 6.45) is 4.49. The molecule has 2 saturated heterocycles. The van der Waals surface area contributed by atoms with E-state index in [2.05, 4.69) is 31.7 Å². The first-order valence-corrected chi connectivity index (χ1v) is 10.8. The van der Waals surface area contributed by atoms with Gasteiger partial charge in [-0.05, 0) is 91.3 Å². The van der Waals surface area contributed by atoms with E-state index in [1.165, 1.54) is 24.8 Å². The van der Waals surface area contributed by atoms with Crippen LogP contribution in [0.3, 0.4) is 0 Å². The molecular formula is C22H37Cl2N3O. The van der Waals surface area contributed by atoms with Crippen molar-refractivity contribution in [2.24, 2.45) is 0 Å². The third-order valence-corrected chi connectivity index (χ3v) is 5.39. The van der Waals surface area contributed by atoms with Gasteiger partial charge in [-0.3, -0.25) is 9.69 Å². The second kappa shape index (κ2) is 12.0. The molecule has 0 aliphatic carbocycles. The molecule has 160 valence electrons. The lowest BCUT2D eigenvalue weighted by molar-refractivity contribution is -0.117. The van der Waals surface area contributed by atoms with Crippen molar-refractivity contribution < 1.29 is 4.79 Å². The van der Waals surface area contributed by atoms with E-state index in [1.54, 1.807) is 4.90 Å². The summed E-state index contributed by atoms with van der Waals surface area (Å²) in [5.41, 5.74) is 1.48. The first-order valence-electron chi connectivity index (χ1n) is 10.0. The molecule has 0 saturated carbocycles. The van der Waals surface area contributed by atoms with Crippen LogP contribution < -0.4 is 0 Å². The van der Waals surface area contributed by atoms with Gasteiger partial charge in [0, 0.05) is 35.2 Å². The number of carbonyl (C=O) groups is 1. The molecule has 1 amide bonds. The van der Waals surface area contributed by atoms with Crippen LogP contribution in [0.1, 0.15) is 51.5 Å². The van der Waals surface area contributed by atoms with Gasteiger partial charge < -0.3 is 9.80 Å². The van der Waals surface area contributed by atoms with Crippen molar-refractivity contribution in [3.8, 4) is 0 Å². The molecule has 2 aliphatic rings. The number of amides is 1. The maximum atomic E-state index is 9.93. The summed E-state index contributed by atoms with van der Waals surface area (Å²) in [6, 6.07) is 5.85. The number of halogens is 2. The molecule has 4 nitrogen and oxygen atoms in total. The number of rotatable bonds is 2. The Kier molecular flexibility index (Phi) is 10.8. The molecule has 6 heteroatoms. The molecule has 1 aromatic rings. The van der Waals surface area contributed by atoms with Crippen molar-refractivity contribution in [2.75, 3.05) is 47.3 Å². The van der Waals surface area contributed by atoms with Crippen LogP contribution in [0, 0.1) is 0 Å². The van der Waals surface area contributed by atoms with E-state index in [0.29, 0.717) is 10.9 Å². The smallest absolute Gasteiger partial charge is 0.209 e. The van der Waals surface area contributed by atoms with Gasteiger partial charge in [0.15, 0.2) is 0 Å². The minimum atomic E-state index is 0.244. The Bertz CT molecular complexity index is 593. The largest absolute Gasteiger partial charge is 0.345 e. The molecular weight excluding hydrogens is 393 g/mol. The monoisotopic (exact) mass is 429 g/mol. The Hall–Kier alpha value is -0.810. The fraction of sp³-hybridized carbons (Fsp3) is 0.682. The van der Waals surface area contributed by atoms with Crippen LogP contribution in [-0.2, 0) is 4.79 Å². The molecule has 1 aromatic carbocycles. The van der Waals surface area contributed by atoms with E-state index in [0.717, 1.165) is 37.6 Å². The highest BCUT2D eigenvalue weighted by molar-refractivity contribution is 6.35. The minimum Gasteiger partial charge on any atom is -0.345 e. The van der Waals surface area contributed by atoms with Gasteiger partial charge in [-0.1, -0.05) is 29.3 Å². The van der Waals surface area contributed by atoms with Gasteiger partial charge >= 0.3 is 0 Å². The van der Waals surface area contributed by atoms with Crippen molar-refractivity contribution >= 4 is 29.6 Å². The lowest BCUT2D eigenvalue weighted by atomic mass is 9.98. The lowest BCUT2D eigenvalue weighted by Gasteiger charge is -2.31. The molecule has 0 aromatic heterocycles. The molecule has 0 radical (unpaired) electrons. The first kappa shape index (κ1) is 25.2. The van der Waals surface area contributed by atoms with Crippen LogP contribution in [0.15, 0.2) is 18.2 Å². The van der Waals surface area contributed by atoms with E-state index in [-0.39, 0.29) is 5.54 Å². The number of hydrogen-bond acceptors (Lipinski definition) is 3. The Morgan fingerprint density at radius 2 is 1.64 bits per heavy atom. The summed E-state index contributed by atoms with van der Waals surface area (Å²) < 4.78 is 0. The molecule has 3 rings (SSSR count). The summed E-state index contributed by atoms with van der Waals surface area (Å²) in [4.78, 5) is 16.3. The summed E-state index contributed by atoms with van der Waals surface area (Å²) in [6.45, 7) is 11.0. The van der Waals surface area contributed by atoms with Crippen molar-refractivity contribution in [3.05, 3.63) is 33.8 Å². The van der Waals surface area contributed by atoms with Gasteiger partial charge in [0.2, 0.25) is 6.41 Å². The zero-order valence-corrected chi connectivity index (χ0v) is 19.9. The lowest BCUT2D eigenvalue weighted by Crippen LogP contribution is -2.39. The normalized spacial score (nSPS) is 19.8. The Labute approximate surface area is 181 Å². The average Bonchev–Trinajstić information content (AvgIpc) is 3.26. The van der Waals surface area contributed by atoms with E-state index < -0.39 is 0 Å². The van der Waals surface area contributed by atoms with E-state index in [1.807, 2.05) is 38.2 Å². The number of carbonyl (C=O) groups excluding carboxylic acids is 1. The average molecular weight is 430 g/mol. The predicted molar refractivity (Wildman–Crippen MR) is 122 cm³/mol. The third kappa shape index (κ3) is 9.13. The van der Waals surface area contributed by atoms with E-state index >= 15 is 0 Å². The van der Waals surface area contributed by atoms with Crippen LogP contribution in [0.5, 0.6) is 0 Å². The van der Waals surface area contributed by atoms with E-state index in [4.69, 9.17) is 23.2 Å². The van der Waals surface area contributed by atoms with Crippen LogP contribution in [0.2, 0.25) is 10.0 Å². The van der Waals surface area contributed by atoms with Gasteiger partial charge in [-0.2, -0.15) is 0 Å². The maximum absolute atomic E-state index is 9.93. The van der Waals surface area contributed by atoms with Gasteiger partial charge in [-0.25, -0.2) is 0 Å². The molecule has 2 heterocycles. The Morgan fingerprint density at radius 1 is 1.07 bits per heavy atom. The van der Waals surface area contributed by atoms with E-state index in [9.17, 15) is 4.79 Å². The van der Waals surface area contributed by atoms with Crippen molar-refractivity contribution in [3.63, 3.8) is 0 Å². The van der Waals surface area contributed by atoms with Crippen LogP contribution in [-0.4, -0.2) is 74.0 Å². The first-order chi connectivity index (χ1) is 13.0. The predicted octanol–water partition coefficient (Wildman–Crippen LogP) is 5.00. The number of benzene rings is 1. The molecule has 0 bridgehead atoms. The van der Waals surface area contributed by atoms with Crippen LogP contribution in [0.25, 0.3) is 0 Å². The molecule has 1 atom stereocenters. The third-order valence-electron chi connectivity index (χ3n) is 4.83. The van der Waals surface area contributed by atoms with Crippen LogP contribution in [0.4, 0.5) is 0 Å². The molecule has 1 unspecified atom stereocenters. The summed E-state index contributed by atoms with van der Waals surface area (Å²) in [7, 11) is 6.00. The molecule has 2 fully saturated rings. The Morgan fingerprint density at radius 3 is 2.04 bits per heavy atom. The maximum Gasteiger partial charge on any atom is 0.209 e. The minimum absolute atomic E-state index is 0.244. The summed E-state index contributed by atoms with van der Waals surface area (Å²) in [5.74, 6) is 0.541. The SMILES string of the molecule is CC(C)(C)N1CCC(c2ccc(Cl)cc2Cl)C1.CN(C)C.O=CN1CCCC1. The quantitative estimate of drug-likeness (QED) is 0.618. The number of likely N-dealkylation sites (tertiary alicyclic amines) is 2. The van der Waals surface area contributed by atoms with Gasteiger partial charge in [0.05, 0.1) is 0 Å². The molecule has 0 spiro atoms. The number of hydrogen-bond donors (Lipinski definition) is 0. The zero-order chi connectivity index (χ0) is 21.3. The molecule has 28 heavy (non-hydrogen) atoms.